The molecule has 0 saturated carbocycles. The minimum atomic E-state index is -1.96. The van der Waals surface area contributed by atoms with Gasteiger partial charge in [-0.25, -0.2) is 4.79 Å². The predicted octanol–water partition coefficient (Wildman–Crippen LogP) is 2.31. The van der Waals surface area contributed by atoms with Gasteiger partial charge < -0.3 is 9.84 Å². The summed E-state index contributed by atoms with van der Waals surface area (Å²) in [5.41, 5.74) is -1.53. The highest BCUT2D eigenvalue weighted by Crippen LogP contribution is 2.16. The Morgan fingerprint density at radius 2 is 1.91 bits per heavy atom. The second kappa shape index (κ2) is 9.10. The number of Topliss-reactive ketones (excluding diaryl/α,β-unsaturated/α-hetero) is 1. The van der Waals surface area contributed by atoms with Gasteiger partial charge in [-0.2, -0.15) is 0 Å². The zero-order chi connectivity index (χ0) is 16.4. The van der Waals surface area contributed by atoms with Crippen LogP contribution in [0.5, 0.6) is 0 Å². The molecule has 0 aliphatic heterocycles. The molecule has 1 rings (SSSR count). The fraction of sp³-hybridized carbons (Fsp3) is 0.471. The van der Waals surface area contributed by atoms with Crippen LogP contribution in [0.15, 0.2) is 30.3 Å². The van der Waals surface area contributed by atoms with Gasteiger partial charge in [0.25, 0.3) is 0 Å². The predicted molar refractivity (Wildman–Crippen MR) is 81.5 cm³/mol. The summed E-state index contributed by atoms with van der Waals surface area (Å²) < 4.78 is 5.05. The van der Waals surface area contributed by atoms with E-state index in [0.29, 0.717) is 12.0 Å². The van der Waals surface area contributed by atoms with Gasteiger partial charge in [0.2, 0.25) is 0 Å². The smallest absolute Gasteiger partial charge is 0.338 e. The van der Waals surface area contributed by atoms with Crippen LogP contribution in [-0.2, 0) is 14.3 Å². The van der Waals surface area contributed by atoms with Crippen LogP contribution < -0.4 is 0 Å². The number of aliphatic hydroxyl groups is 1. The van der Waals surface area contributed by atoms with Gasteiger partial charge in [-0.15, -0.1) is 0 Å². The van der Waals surface area contributed by atoms with Crippen LogP contribution in [0.2, 0.25) is 0 Å². The lowest BCUT2D eigenvalue weighted by molar-refractivity contribution is -0.144. The van der Waals surface area contributed by atoms with Gasteiger partial charge in [-0.3, -0.25) is 9.59 Å². The number of hydrogen-bond donors (Lipinski definition) is 1. The van der Waals surface area contributed by atoms with E-state index < -0.39 is 17.4 Å². The van der Waals surface area contributed by atoms with Crippen molar-refractivity contribution in [1.82, 2.24) is 0 Å². The van der Waals surface area contributed by atoms with Crippen LogP contribution in [0.3, 0.4) is 0 Å². The van der Waals surface area contributed by atoms with Crippen molar-refractivity contribution in [2.24, 2.45) is 0 Å². The van der Waals surface area contributed by atoms with Crippen molar-refractivity contribution in [1.29, 1.82) is 0 Å². The number of ketones is 1. The van der Waals surface area contributed by atoms with Crippen molar-refractivity contribution >= 4 is 18.0 Å². The highest BCUT2D eigenvalue weighted by atomic mass is 16.5. The minimum Gasteiger partial charge on any atom is -0.462 e. The summed E-state index contributed by atoms with van der Waals surface area (Å²) in [7, 11) is 0. The Kier molecular flexibility index (Phi) is 7.46. The lowest BCUT2D eigenvalue weighted by atomic mass is 9.91. The molecule has 0 bridgehead atoms. The molecule has 1 atom stereocenters. The fourth-order valence-corrected chi connectivity index (χ4v) is 1.98. The van der Waals surface area contributed by atoms with Gasteiger partial charge in [0.15, 0.2) is 17.7 Å². The molecule has 0 saturated heterocycles. The Bertz CT molecular complexity index is 497. The zero-order valence-corrected chi connectivity index (χ0v) is 12.8. The number of ether oxygens (including phenoxy) is 1. The largest absolute Gasteiger partial charge is 0.462 e. The molecule has 0 radical (unpaired) electrons. The van der Waals surface area contributed by atoms with E-state index in [9.17, 15) is 19.5 Å². The maximum absolute atomic E-state index is 11.8. The highest BCUT2D eigenvalue weighted by molar-refractivity contribution is 6.01. The van der Waals surface area contributed by atoms with Crippen molar-refractivity contribution in [2.45, 2.75) is 44.6 Å². The topological polar surface area (TPSA) is 80.7 Å². The van der Waals surface area contributed by atoms with Crippen molar-refractivity contribution in [3.8, 4) is 0 Å². The number of hydrogen-bond acceptors (Lipinski definition) is 5. The van der Waals surface area contributed by atoms with Crippen molar-refractivity contribution in [2.75, 3.05) is 6.61 Å². The number of rotatable bonds is 10. The first-order valence-electron chi connectivity index (χ1n) is 7.47. The summed E-state index contributed by atoms with van der Waals surface area (Å²) in [6.07, 6.45) is 2.11. The first kappa shape index (κ1) is 18.0. The molecule has 5 heteroatoms. The van der Waals surface area contributed by atoms with Gasteiger partial charge in [0.05, 0.1) is 12.2 Å². The monoisotopic (exact) mass is 306 g/mol. The molecular formula is C17H22O5. The van der Waals surface area contributed by atoms with E-state index in [1.807, 2.05) is 6.92 Å². The number of carbonyl (C=O) groups is 3. The van der Waals surface area contributed by atoms with E-state index in [1.54, 1.807) is 30.3 Å². The molecular weight excluding hydrogens is 284 g/mol. The van der Waals surface area contributed by atoms with Crippen LogP contribution >= 0.6 is 0 Å². The number of esters is 1. The Morgan fingerprint density at radius 1 is 1.23 bits per heavy atom. The van der Waals surface area contributed by atoms with E-state index in [-0.39, 0.29) is 32.2 Å². The Hall–Kier alpha value is -2.01. The van der Waals surface area contributed by atoms with Crippen molar-refractivity contribution < 1.29 is 24.2 Å². The number of unbranched alkanes of at least 4 members (excludes halogenated alkanes) is 1. The lowest BCUT2D eigenvalue weighted by Crippen LogP contribution is -2.40. The molecule has 5 nitrogen and oxygen atoms in total. The second-order valence-corrected chi connectivity index (χ2v) is 5.17. The molecule has 0 amide bonds. The Balaban J connectivity index is 2.39. The summed E-state index contributed by atoms with van der Waals surface area (Å²) >= 11 is 0. The molecule has 0 fully saturated rings. The quantitative estimate of drug-likeness (QED) is 0.310. The first-order chi connectivity index (χ1) is 10.5. The van der Waals surface area contributed by atoms with Gasteiger partial charge in [0, 0.05) is 6.42 Å². The maximum atomic E-state index is 11.8. The minimum absolute atomic E-state index is 0.0406. The summed E-state index contributed by atoms with van der Waals surface area (Å²) in [6, 6.07) is 8.53. The number of aldehydes is 1. The molecule has 0 heterocycles. The third kappa shape index (κ3) is 5.41. The summed E-state index contributed by atoms with van der Waals surface area (Å²) in [4.78, 5) is 34.5. The number of carbonyl (C=O) groups excluding carboxylic acids is 3. The third-order valence-electron chi connectivity index (χ3n) is 3.38. The van der Waals surface area contributed by atoms with Gasteiger partial charge in [-0.05, 0) is 31.4 Å². The zero-order valence-electron chi connectivity index (χ0n) is 12.8. The molecule has 0 aromatic heterocycles. The molecule has 1 unspecified atom stereocenters. The van der Waals surface area contributed by atoms with Crippen LogP contribution in [0.25, 0.3) is 0 Å². The molecule has 0 aliphatic rings. The molecule has 1 aromatic carbocycles. The van der Waals surface area contributed by atoms with Crippen LogP contribution in [0, 0.1) is 0 Å². The molecule has 120 valence electrons. The molecule has 1 aromatic rings. The van der Waals surface area contributed by atoms with E-state index in [1.165, 1.54) is 0 Å². The summed E-state index contributed by atoms with van der Waals surface area (Å²) in [5, 5.41) is 10.0. The number of benzene rings is 1. The van der Waals surface area contributed by atoms with Crippen LogP contribution in [0.1, 0.15) is 49.4 Å². The average Bonchev–Trinajstić information content (AvgIpc) is 2.56. The maximum Gasteiger partial charge on any atom is 0.338 e. The molecule has 22 heavy (non-hydrogen) atoms. The SMILES string of the molecule is CCCCC(=O)C(O)(C=O)CCCOC(=O)c1ccccc1. The standard InChI is InChI=1S/C17H22O5/c1-2-3-10-15(19)17(21,13-18)11-7-12-22-16(20)14-8-5-4-6-9-14/h4-6,8-9,13,21H,2-3,7,10-12H2,1H3. The van der Waals surface area contributed by atoms with Crippen LogP contribution in [0.4, 0.5) is 0 Å². The molecule has 0 aliphatic carbocycles. The molecule has 1 N–H and O–H groups in total. The third-order valence-corrected chi connectivity index (χ3v) is 3.38. The lowest BCUT2D eigenvalue weighted by Gasteiger charge is -2.20. The van der Waals surface area contributed by atoms with E-state index in [4.69, 9.17) is 4.74 Å². The van der Waals surface area contributed by atoms with Crippen molar-refractivity contribution in [3.05, 3.63) is 35.9 Å². The Labute approximate surface area is 130 Å². The van der Waals surface area contributed by atoms with Gasteiger partial charge in [-0.1, -0.05) is 31.5 Å². The highest BCUT2D eigenvalue weighted by Gasteiger charge is 2.34. The van der Waals surface area contributed by atoms with E-state index in [2.05, 4.69) is 0 Å². The van der Waals surface area contributed by atoms with Crippen LogP contribution in [-0.4, -0.2) is 35.4 Å². The first-order valence-corrected chi connectivity index (χ1v) is 7.47. The summed E-state index contributed by atoms with van der Waals surface area (Å²) in [6.45, 7) is 1.97. The second-order valence-electron chi connectivity index (χ2n) is 5.17. The van der Waals surface area contributed by atoms with Gasteiger partial charge >= 0.3 is 5.97 Å². The van der Waals surface area contributed by atoms with Gasteiger partial charge in [0.1, 0.15) is 0 Å². The van der Waals surface area contributed by atoms with Crippen molar-refractivity contribution in [3.63, 3.8) is 0 Å². The normalized spacial score (nSPS) is 13.2. The van der Waals surface area contributed by atoms with E-state index in [0.717, 1.165) is 6.42 Å². The summed E-state index contributed by atoms with van der Waals surface area (Å²) in [5.74, 6) is -0.939. The fourth-order valence-electron chi connectivity index (χ4n) is 1.98. The van der Waals surface area contributed by atoms with E-state index >= 15 is 0 Å². The molecule has 0 spiro atoms. The average molecular weight is 306 g/mol. The Morgan fingerprint density at radius 3 is 2.50 bits per heavy atom.